The summed E-state index contributed by atoms with van der Waals surface area (Å²) >= 11 is 1.82. The molecule has 1 unspecified atom stereocenters. The number of unbranched alkanes of at least 4 members (excludes halogenated alkanes) is 1. The standard InChI is InChI=1S/C12H25NO2S/c1-5-7-9-16-10-12(3,11(14)15-4)13-8-6-2/h13H,5-10H2,1-4H3. The number of ether oxygens (including phenoxy) is 1. The van der Waals surface area contributed by atoms with Crippen LogP contribution >= 0.6 is 11.8 Å². The molecule has 0 rings (SSSR count). The minimum absolute atomic E-state index is 0.162. The number of esters is 1. The van der Waals surface area contributed by atoms with Crippen LogP contribution in [0.2, 0.25) is 0 Å². The Morgan fingerprint density at radius 1 is 1.38 bits per heavy atom. The molecule has 96 valence electrons. The molecule has 0 fully saturated rings. The molecule has 0 amide bonds. The molecule has 0 aliphatic carbocycles. The van der Waals surface area contributed by atoms with Crippen LogP contribution < -0.4 is 5.32 Å². The fourth-order valence-electron chi connectivity index (χ4n) is 1.33. The molecule has 0 saturated heterocycles. The second kappa shape index (κ2) is 8.88. The Labute approximate surface area is 104 Å². The fraction of sp³-hybridized carbons (Fsp3) is 0.917. The van der Waals surface area contributed by atoms with Crippen LogP contribution in [-0.4, -0.2) is 36.7 Å². The minimum atomic E-state index is -0.539. The van der Waals surface area contributed by atoms with Crippen molar-refractivity contribution in [3.63, 3.8) is 0 Å². The highest BCUT2D eigenvalue weighted by atomic mass is 32.2. The van der Waals surface area contributed by atoms with Gasteiger partial charge in [0.25, 0.3) is 0 Å². The summed E-state index contributed by atoms with van der Waals surface area (Å²) < 4.78 is 4.85. The molecule has 0 aromatic carbocycles. The Balaban J connectivity index is 4.13. The molecule has 1 N–H and O–H groups in total. The molecule has 0 bridgehead atoms. The number of thioether (sulfide) groups is 1. The molecule has 0 saturated carbocycles. The molecule has 16 heavy (non-hydrogen) atoms. The highest BCUT2D eigenvalue weighted by molar-refractivity contribution is 7.99. The Kier molecular flexibility index (Phi) is 8.76. The van der Waals surface area contributed by atoms with Gasteiger partial charge in [-0.1, -0.05) is 20.3 Å². The van der Waals surface area contributed by atoms with Crippen LogP contribution in [0.4, 0.5) is 0 Å². The SMILES string of the molecule is CCCCSCC(C)(NCCC)C(=O)OC. The summed E-state index contributed by atoms with van der Waals surface area (Å²) in [5.74, 6) is 1.72. The maximum absolute atomic E-state index is 11.7. The van der Waals surface area contributed by atoms with E-state index in [1.165, 1.54) is 20.0 Å². The van der Waals surface area contributed by atoms with Crippen LogP contribution in [-0.2, 0) is 9.53 Å². The van der Waals surface area contributed by atoms with Gasteiger partial charge >= 0.3 is 5.97 Å². The minimum Gasteiger partial charge on any atom is -0.468 e. The van der Waals surface area contributed by atoms with Gasteiger partial charge in [-0.25, -0.2) is 0 Å². The Bertz CT molecular complexity index is 199. The molecule has 0 radical (unpaired) electrons. The number of carbonyl (C=O) groups excluding carboxylic acids is 1. The summed E-state index contributed by atoms with van der Waals surface area (Å²) in [6.07, 6.45) is 3.42. The van der Waals surface area contributed by atoms with Crippen molar-refractivity contribution >= 4 is 17.7 Å². The first kappa shape index (κ1) is 15.8. The van der Waals surface area contributed by atoms with Crippen molar-refractivity contribution in [1.82, 2.24) is 5.32 Å². The Morgan fingerprint density at radius 2 is 2.06 bits per heavy atom. The van der Waals surface area contributed by atoms with Crippen molar-refractivity contribution in [2.75, 3.05) is 25.2 Å². The molecular formula is C12H25NO2S. The van der Waals surface area contributed by atoms with E-state index < -0.39 is 5.54 Å². The van der Waals surface area contributed by atoms with E-state index in [1.807, 2.05) is 18.7 Å². The first-order valence-corrected chi connectivity index (χ1v) is 7.17. The van der Waals surface area contributed by atoms with Gasteiger partial charge in [-0.3, -0.25) is 4.79 Å². The van der Waals surface area contributed by atoms with E-state index in [0.29, 0.717) is 0 Å². The molecule has 0 aliphatic rings. The smallest absolute Gasteiger partial charge is 0.326 e. The van der Waals surface area contributed by atoms with Gasteiger partial charge in [-0.2, -0.15) is 11.8 Å². The summed E-state index contributed by atoms with van der Waals surface area (Å²) in [6, 6.07) is 0. The van der Waals surface area contributed by atoms with E-state index in [1.54, 1.807) is 0 Å². The molecule has 0 spiro atoms. The average molecular weight is 247 g/mol. The highest BCUT2D eigenvalue weighted by Crippen LogP contribution is 2.16. The van der Waals surface area contributed by atoms with Gasteiger partial charge in [0.15, 0.2) is 0 Å². The van der Waals surface area contributed by atoms with Crippen LogP contribution in [0.25, 0.3) is 0 Å². The summed E-state index contributed by atoms with van der Waals surface area (Å²) in [5.41, 5.74) is -0.539. The number of hydrogen-bond acceptors (Lipinski definition) is 4. The van der Waals surface area contributed by atoms with Crippen molar-refractivity contribution in [1.29, 1.82) is 0 Å². The number of rotatable bonds is 9. The molecule has 0 aromatic rings. The van der Waals surface area contributed by atoms with Crippen LogP contribution in [0.5, 0.6) is 0 Å². The molecule has 4 heteroatoms. The van der Waals surface area contributed by atoms with E-state index in [2.05, 4.69) is 19.2 Å². The lowest BCUT2D eigenvalue weighted by Crippen LogP contribution is -2.52. The van der Waals surface area contributed by atoms with Crippen molar-refractivity contribution in [3.8, 4) is 0 Å². The van der Waals surface area contributed by atoms with Gasteiger partial charge < -0.3 is 10.1 Å². The van der Waals surface area contributed by atoms with Crippen LogP contribution in [0.1, 0.15) is 40.0 Å². The number of nitrogens with one attached hydrogen (secondary N) is 1. The predicted molar refractivity (Wildman–Crippen MR) is 70.9 cm³/mol. The van der Waals surface area contributed by atoms with Crippen molar-refractivity contribution in [2.24, 2.45) is 0 Å². The lowest BCUT2D eigenvalue weighted by Gasteiger charge is -2.27. The highest BCUT2D eigenvalue weighted by Gasteiger charge is 2.33. The second-order valence-electron chi connectivity index (χ2n) is 4.16. The third-order valence-electron chi connectivity index (χ3n) is 2.43. The Morgan fingerprint density at radius 3 is 2.56 bits per heavy atom. The number of carbonyl (C=O) groups is 1. The fourth-order valence-corrected chi connectivity index (χ4v) is 2.60. The largest absolute Gasteiger partial charge is 0.468 e. The number of hydrogen-bond donors (Lipinski definition) is 1. The molecule has 3 nitrogen and oxygen atoms in total. The molecule has 0 aromatic heterocycles. The van der Waals surface area contributed by atoms with Gasteiger partial charge in [-0.05, 0) is 32.1 Å². The normalized spacial score (nSPS) is 14.5. The lowest BCUT2D eigenvalue weighted by atomic mass is 10.1. The summed E-state index contributed by atoms with van der Waals surface area (Å²) in [6.45, 7) is 7.04. The maximum atomic E-state index is 11.7. The molecule has 0 heterocycles. The van der Waals surface area contributed by atoms with E-state index in [-0.39, 0.29) is 5.97 Å². The van der Waals surface area contributed by atoms with Crippen molar-refractivity contribution in [3.05, 3.63) is 0 Å². The van der Waals surface area contributed by atoms with Crippen LogP contribution in [0, 0.1) is 0 Å². The quantitative estimate of drug-likeness (QED) is 0.502. The van der Waals surface area contributed by atoms with Gasteiger partial charge in [0.1, 0.15) is 5.54 Å². The summed E-state index contributed by atoms with van der Waals surface area (Å²) in [4.78, 5) is 11.7. The van der Waals surface area contributed by atoms with E-state index >= 15 is 0 Å². The van der Waals surface area contributed by atoms with Gasteiger partial charge in [0.2, 0.25) is 0 Å². The predicted octanol–water partition coefficient (Wildman–Crippen LogP) is 2.45. The average Bonchev–Trinajstić information content (AvgIpc) is 2.31. The maximum Gasteiger partial charge on any atom is 0.326 e. The molecule has 1 atom stereocenters. The third kappa shape index (κ3) is 5.75. The third-order valence-corrected chi connectivity index (χ3v) is 3.79. The second-order valence-corrected chi connectivity index (χ2v) is 5.26. The van der Waals surface area contributed by atoms with Crippen molar-refractivity contribution < 1.29 is 9.53 Å². The molecular weight excluding hydrogens is 222 g/mol. The topological polar surface area (TPSA) is 38.3 Å². The molecule has 0 aliphatic heterocycles. The zero-order valence-corrected chi connectivity index (χ0v) is 11.8. The van der Waals surface area contributed by atoms with Gasteiger partial charge in [0, 0.05) is 5.75 Å². The van der Waals surface area contributed by atoms with Gasteiger partial charge in [0.05, 0.1) is 7.11 Å². The zero-order chi connectivity index (χ0) is 12.4. The lowest BCUT2D eigenvalue weighted by molar-refractivity contribution is -0.146. The van der Waals surface area contributed by atoms with Crippen LogP contribution in [0.15, 0.2) is 0 Å². The van der Waals surface area contributed by atoms with Gasteiger partial charge in [-0.15, -0.1) is 0 Å². The number of methoxy groups -OCH3 is 1. The summed E-state index contributed by atoms with van der Waals surface area (Å²) in [7, 11) is 1.45. The monoisotopic (exact) mass is 247 g/mol. The summed E-state index contributed by atoms with van der Waals surface area (Å²) in [5, 5.41) is 3.28. The van der Waals surface area contributed by atoms with E-state index in [0.717, 1.165) is 24.5 Å². The van der Waals surface area contributed by atoms with E-state index in [4.69, 9.17) is 4.74 Å². The van der Waals surface area contributed by atoms with Crippen molar-refractivity contribution in [2.45, 2.75) is 45.6 Å². The van der Waals surface area contributed by atoms with E-state index in [9.17, 15) is 4.79 Å². The van der Waals surface area contributed by atoms with Crippen LogP contribution in [0.3, 0.4) is 0 Å². The zero-order valence-electron chi connectivity index (χ0n) is 11.0. The first-order valence-electron chi connectivity index (χ1n) is 6.02. The Hall–Kier alpha value is -0.220. The first-order chi connectivity index (χ1) is 7.60.